The van der Waals surface area contributed by atoms with Crippen LogP contribution in [0.1, 0.15) is 11.3 Å². The van der Waals surface area contributed by atoms with E-state index in [1.165, 1.54) is 0 Å². The third-order valence-corrected chi connectivity index (χ3v) is 3.03. The highest BCUT2D eigenvalue weighted by molar-refractivity contribution is 7.99. The van der Waals surface area contributed by atoms with Gasteiger partial charge in [0.2, 0.25) is 5.95 Å². The second kappa shape index (κ2) is 4.97. The Labute approximate surface area is 106 Å². The van der Waals surface area contributed by atoms with Crippen molar-refractivity contribution in [1.82, 2.24) is 9.97 Å². The fourth-order valence-electron chi connectivity index (χ4n) is 1.46. The molecule has 0 radical (unpaired) electrons. The average molecular weight is 270 g/mol. The van der Waals surface area contributed by atoms with Gasteiger partial charge in [-0.2, -0.15) is 4.39 Å². The summed E-state index contributed by atoms with van der Waals surface area (Å²) in [5, 5.41) is 0.260. The highest BCUT2D eigenvalue weighted by Crippen LogP contribution is 2.28. The molecule has 2 heterocycles. The summed E-state index contributed by atoms with van der Waals surface area (Å²) in [5.74, 6) is -3.52. The van der Waals surface area contributed by atoms with E-state index < -0.39 is 17.6 Å². The van der Waals surface area contributed by atoms with Gasteiger partial charge in [-0.15, -0.1) is 0 Å². The van der Waals surface area contributed by atoms with Gasteiger partial charge in [-0.1, -0.05) is 0 Å². The molecule has 18 heavy (non-hydrogen) atoms. The second-order valence-electron chi connectivity index (χ2n) is 3.77. The number of pyridine rings is 2. The maximum absolute atomic E-state index is 13.4. The Balaban J connectivity index is 2.36. The number of hydrogen-bond acceptors (Lipinski definition) is 3. The van der Waals surface area contributed by atoms with Gasteiger partial charge in [0.05, 0.1) is 0 Å². The van der Waals surface area contributed by atoms with Gasteiger partial charge in [0.15, 0.2) is 11.6 Å². The largest absolute Gasteiger partial charge is 0.250 e. The number of rotatable bonds is 2. The highest BCUT2D eigenvalue weighted by Gasteiger charge is 2.13. The number of aryl methyl sites for hydroxylation is 2. The van der Waals surface area contributed by atoms with Crippen molar-refractivity contribution in [2.75, 3.05) is 0 Å². The lowest BCUT2D eigenvalue weighted by molar-refractivity contribution is 0.448. The van der Waals surface area contributed by atoms with Crippen LogP contribution >= 0.6 is 11.8 Å². The molecule has 0 unspecified atom stereocenters. The molecule has 0 fully saturated rings. The summed E-state index contributed by atoms with van der Waals surface area (Å²) in [6.07, 6.45) is 0. The van der Waals surface area contributed by atoms with E-state index in [1.807, 2.05) is 13.0 Å². The van der Waals surface area contributed by atoms with Crippen LogP contribution in [0.25, 0.3) is 0 Å². The van der Waals surface area contributed by atoms with Gasteiger partial charge in [-0.25, -0.2) is 18.7 Å². The number of hydrogen-bond donors (Lipinski definition) is 0. The molecule has 0 atom stereocenters. The zero-order valence-electron chi connectivity index (χ0n) is 9.67. The van der Waals surface area contributed by atoms with Gasteiger partial charge in [-0.05, 0) is 43.3 Å². The SMILES string of the molecule is Cc1cc(C)nc(Sc2nc(F)c(F)cc2F)c1. The minimum Gasteiger partial charge on any atom is -0.246 e. The Morgan fingerprint density at radius 1 is 0.944 bits per heavy atom. The molecule has 0 aliphatic carbocycles. The fraction of sp³-hybridized carbons (Fsp3) is 0.167. The van der Waals surface area contributed by atoms with Crippen LogP contribution in [0.2, 0.25) is 0 Å². The first-order valence-corrected chi connectivity index (χ1v) is 5.92. The lowest BCUT2D eigenvalue weighted by Crippen LogP contribution is -1.96. The molecule has 0 N–H and O–H groups in total. The quantitative estimate of drug-likeness (QED) is 0.779. The lowest BCUT2D eigenvalue weighted by atomic mass is 10.3. The number of halogens is 3. The minimum atomic E-state index is -1.32. The van der Waals surface area contributed by atoms with Crippen LogP contribution in [-0.2, 0) is 0 Å². The topological polar surface area (TPSA) is 25.8 Å². The summed E-state index contributed by atoms with van der Waals surface area (Å²) in [6, 6.07) is 4.06. The monoisotopic (exact) mass is 270 g/mol. The molecular weight excluding hydrogens is 261 g/mol. The van der Waals surface area contributed by atoms with Gasteiger partial charge >= 0.3 is 0 Å². The Bertz CT molecular complexity index is 582. The van der Waals surface area contributed by atoms with E-state index in [2.05, 4.69) is 9.97 Å². The van der Waals surface area contributed by atoms with Crippen molar-refractivity contribution >= 4 is 11.8 Å². The van der Waals surface area contributed by atoms with Gasteiger partial charge in [0.25, 0.3) is 0 Å². The first kappa shape index (κ1) is 12.9. The molecule has 2 nitrogen and oxygen atoms in total. The molecule has 0 aliphatic heterocycles. The van der Waals surface area contributed by atoms with E-state index in [0.717, 1.165) is 23.0 Å². The smallest absolute Gasteiger partial charge is 0.246 e. The average Bonchev–Trinajstić information content (AvgIpc) is 2.24. The van der Waals surface area contributed by atoms with Crippen molar-refractivity contribution in [2.24, 2.45) is 0 Å². The molecule has 0 spiro atoms. The van der Waals surface area contributed by atoms with Gasteiger partial charge in [-0.3, -0.25) is 0 Å². The number of nitrogens with zero attached hydrogens (tertiary/aromatic N) is 2. The van der Waals surface area contributed by atoms with Crippen molar-refractivity contribution < 1.29 is 13.2 Å². The minimum absolute atomic E-state index is 0.230. The molecule has 0 aromatic carbocycles. The van der Waals surface area contributed by atoms with E-state index >= 15 is 0 Å². The van der Waals surface area contributed by atoms with Crippen LogP contribution in [0.4, 0.5) is 13.2 Å². The van der Waals surface area contributed by atoms with Gasteiger partial charge in [0, 0.05) is 11.8 Å². The highest BCUT2D eigenvalue weighted by atomic mass is 32.2. The van der Waals surface area contributed by atoms with Crippen molar-refractivity contribution in [3.05, 3.63) is 47.0 Å². The molecule has 6 heteroatoms. The Morgan fingerprint density at radius 2 is 1.67 bits per heavy atom. The molecule has 0 bridgehead atoms. The summed E-state index contributed by atoms with van der Waals surface area (Å²) in [5.41, 5.74) is 1.72. The van der Waals surface area contributed by atoms with Crippen molar-refractivity contribution in [3.8, 4) is 0 Å². The summed E-state index contributed by atoms with van der Waals surface area (Å²) in [4.78, 5) is 7.40. The third-order valence-electron chi connectivity index (χ3n) is 2.13. The van der Waals surface area contributed by atoms with E-state index in [-0.39, 0.29) is 5.03 Å². The zero-order chi connectivity index (χ0) is 13.3. The number of aromatic nitrogens is 2. The predicted molar refractivity (Wildman–Crippen MR) is 61.9 cm³/mol. The molecule has 0 saturated carbocycles. The van der Waals surface area contributed by atoms with E-state index in [4.69, 9.17) is 0 Å². The van der Waals surface area contributed by atoms with Crippen LogP contribution < -0.4 is 0 Å². The second-order valence-corrected chi connectivity index (χ2v) is 4.78. The van der Waals surface area contributed by atoms with Crippen molar-refractivity contribution in [3.63, 3.8) is 0 Å². The first-order valence-electron chi connectivity index (χ1n) is 5.10. The Kier molecular flexibility index (Phi) is 3.56. The van der Waals surface area contributed by atoms with Crippen LogP contribution in [0, 0.1) is 31.4 Å². The molecular formula is C12H9F3N2S. The normalized spacial score (nSPS) is 10.7. The summed E-state index contributed by atoms with van der Waals surface area (Å²) in [7, 11) is 0. The molecule has 2 aromatic heterocycles. The van der Waals surface area contributed by atoms with Crippen LogP contribution in [0.3, 0.4) is 0 Å². The summed E-state index contributed by atoms with van der Waals surface area (Å²) < 4.78 is 39.1. The standard InChI is InChI=1S/C12H9F3N2S/c1-6-3-7(2)16-10(4-6)18-12-9(14)5-8(13)11(15)17-12/h3-5H,1-2H3. The van der Waals surface area contributed by atoms with Gasteiger partial charge < -0.3 is 0 Å². The summed E-state index contributed by atoms with van der Waals surface area (Å²) in [6.45, 7) is 3.67. The Hall–Kier alpha value is -1.56. The molecule has 2 aromatic rings. The van der Waals surface area contributed by atoms with E-state index in [0.29, 0.717) is 11.1 Å². The maximum Gasteiger partial charge on any atom is 0.250 e. The van der Waals surface area contributed by atoms with Crippen LogP contribution in [0.15, 0.2) is 28.3 Å². The van der Waals surface area contributed by atoms with E-state index in [9.17, 15) is 13.2 Å². The summed E-state index contributed by atoms with van der Waals surface area (Å²) >= 11 is 0.862. The molecule has 0 aliphatic rings. The first-order chi connectivity index (χ1) is 8.45. The lowest BCUT2D eigenvalue weighted by Gasteiger charge is -2.04. The molecule has 0 saturated heterocycles. The van der Waals surface area contributed by atoms with Crippen molar-refractivity contribution in [2.45, 2.75) is 23.9 Å². The van der Waals surface area contributed by atoms with Crippen molar-refractivity contribution in [1.29, 1.82) is 0 Å². The molecule has 0 amide bonds. The molecule has 2 rings (SSSR count). The maximum atomic E-state index is 13.4. The molecule has 94 valence electrons. The van der Waals surface area contributed by atoms with E-state index in [1.54, 1.807) is 13.0 Å². The third kappa shape index (κ3) is 2.81. The zero-order valence-corrected chi connectivity index (χ0v) is 10.5. The predicted octanol–water partition coefficient (Wildman–Crippen LogP) is 3.66. The van der Waals surface area contributed by atoms with Crippen LogP contribution in [0.5, 0.6) is 0 Å². The fourth-order valence-corrected chi connectivity index (χ4v) is 2.37. The van der Waals surface area contributed by atoms with Gasteiger partial charge in [0.1, 0.15) is 10.1 Å². The Morgan fingerprint density at radius 3 is 2.33 bits per heavy atom. The van der Waals surface area contributed by atoms with Crippen LogP contribution in [-0.4, -0.2) is 9.97 Å².